The monoisotopic (exact) mass is 395 g/mol. The molecule has 0 radical (unpaired) electrons. The van der Waals surface area contributed by atoms with Crippen molar-refractivity contribution in [2.75, 3.05) is 18.5 Å². The number of benzene rings is 3. The van der Waals surface area contributed by atoms with Gasteiger partial charge in [0.15, 0.2) is 6.61 Å². The first-order valence-electron chi connectivity index (χ1n) is 9.15. The molecule has 4 nitrogen and oxygen atoms in total. The number of amides is 1. The first-order chi connectivity index (χ1) is 13.7. The molecule has 3 aromatic rings. The minimum atomic E-state index is -0.278. The molecular formula is C23H22ClNO3. The smallest absolute Gasteiger partial charge is 0.262 e. The third-order valence-corrected chi connectivity index (χ3v) is 4.38. The summed E-state index contributed by atoms with van der Waals surface area (Å²) in [4.78, 5) is 12.2. The van der Waals surface area contributed by atoms with Crippen LogP contribution in [0.25, 0.3) is 0 Å². The van der Waals surface area contributed by atoms with Gasteiger partial charge in [-0.2, -0.15) is 0 Å². The van der Waals surface area contributed by atoms with Gasteiger partial charge in [0.1, 0.15) is 11.5 Å². The number of hydrogen-bond donors (Lipinski definition) is 1. The summed E-state index contributed by atoms with van der Waals surface area (Å²) in [7, 11) is 0. The van der Waals surface area contributed by atoms with Crippen LogP contribution in [-0.2, 0) is 11.2 Å². The molecule has 1 amide bonds. The van der Waals surface area contributed by atoms with Crippen LogP contribution in [0.15, 0.2) is 78.9 Å². The number of halogens is 1. The first kappa shape index (κ1) is 19.8. The number of rotatable bonds is 9. The zero-order chi connectivity index (χ0) is 19.6. The number of hydrogen-bond acceptors (Lipinski definition) is 3. The highest BCUT2D eigenvalue weighted by Gasteiger charge is 2.09. The summed E-state index contributed by atoms with van der Waals surface area (Å²) in [5.74, 6) is 0.840. The number of aryl methyl sites for hydroxylation is 1. The average Bonchev–Trinajstić information content (AvgIpc) is 2.72. The lowest BCUT2D eigenvalue weighted by molar-refractivity contribution is -0.118. The van der Waals surface area contributed by atoms with Crippen molar-refractivity contribution in [2.24, 2.45) is 0 Å². The molecule has 144 valence electrons. The molecule has 3 rings (SSSR count). The van der Waals surface area contributed by atoms with E-state index in [1.54, 1.807) is 30.3 Å². The number of carbonyl (C=O) groups excluding carboxylic acids is 1. The molecular weight excluding hydrogens is 374 g/mol. The summed E-state index contributed by atoms with van der Waals surface area (Å²) in [6, 6.07) is 24.7. The molecule has 0 fully saturated rings. The third kappa shape index (κ3) is 6.03. The van der Waals surface area contributed by atoms with Gasteiger partial charge >= 0.3 is 0 Å². The second kappa shape index (κ2) is 10.4. The Kier molecular flexibility index (Phi) is 7.33. The van der Waals surface area contributed by atoms with Gasteiger partial charge in [0.05, 0.1) is 17.3 Å². The van der Waals surface area contributed by atoms with Gasteiger partial charge in [0.25, 0.3) is 5.91 Å². The van der Waals surface area contributed by atoms with Crippen LogP contribution in [0, 0.1) is 0 Å². The van der Waals surface area contributed by atoms with E-state index in [4.69, 9.17) is 21.1 Å². The molecule has 0 bridgehead atoms. The lowest BCUT2D eigenvalue weighted by atomic mass is 10.1. The van der Waals surface area contributed by atoms with Gasteiger partial charge in [-0.1, -0.05) is 66.2 Å². The molecule has 0 saturated heterocycles. The van der Waals surface area contributed by atoms with E-state index in [9.17, 15) is 4.79 Å². The van der Waals surface area contributed by atoms with Crippen LogP contribution in [0.2, 0.25) is 5.02 Å². The predicted octanol–water partition coefficient (Wildman–Crippen LogP) is 5.37. The molecule has 1 N–H and O–H groups in total. The van der Waals surface area contributed by atoms with Gasteiger partial charge in [0.2, 0.25) is 0 Å². The maximum atomic E-state index is 12.2. The van der Waals surface area contributed by atoms with Crippen LogP contribution >= 0.6 is 11.6 Å². The fraction of sp³-hybridized carbons (Fsp3) is 0.174. The molecule has 5 heteroatoms. The van der Waals surface area contributed by atoms with Gasteiger partial charge in [0, 0.05) is 0 Å². The van der Waals surface area contributed by atoms with Crippen molar-refractivity contribution in [1.82, 2.24) is 0 Å². The Morgan fingerprint density at radius 2 is 1.50 bits per heavy atom. The third-order valence-electron chi connectivity index (χ3n) is 4.07. The quantitative estimate of drug-likeness (QED) is 0.495. The lowest BCUT2D eigenvalue weighted by Gasteiger charge is -2.13. The Hall–Kier alpha value is -2.98. The average molecular weight is 396 g/mol. The highest BCUT2D eigenvalue weighted by molar-refractivity contribution is 6.32. The number of carbonyl (C=O) groups is 1. The van der Waals surface area contributed by atoms with Crippen molar-refractivity contribution < 1.29 is 14.3 Å². The van der Waals surface area contributed by atoms with E-state index in [-0.39, 0.29) is 12.5 Å². The predicted molar refractivity (Wildman–Crippen MR) is 112 cm³/mol. The SMILES string of the molecule is O=C(COc1ccccc1Cl)Nc1ccccc1OCCCc1ccccc1. The zero-order valence-electron chi connectivity index (χ0n) is 15.4. The van der Waals surface area contributed by atoms with Crippen LogP contribution in [0.5, 0.6) is 11.5 Å². The summed E-state index contributed by atoms with van der Waals surface area (Å²) in [6.07, 6.45) is 1.84. The van der Waals surface area contributed by atoms with Gasteiger partial charge in [-0.25, -0.2) is 0 Å². The number of nitrogens with one attached hydrogen (secondary N) is 1. The van der Waals surface area contributed by atoms with Crippen molar-refractivity contribution in [3.05, 3.63) is 89.4 Å². The van der Waals surface area contributed by atoms with E-state index in [2.05, 4.69) is 17.4 Å². The van der Waals surface area contributed by atoms with Gasteiger partial charge in [-0.3, -0.25) is 4.79 Å². The van der Waals surface area contributed by atoms with Gasteiger partial charge in [-0.15, -0.1) is 0 Å². The minimum Gasteiger partial charge on any atom is -0.491 e. The number of para-hydroxylation sites is 3. The van der Waals surface area contributed by atoms with Crippen molar-refractivity contribution in [1.29, 1.82) is 0 Å². The second-order valence-corrected chi connectivity index (χ2v) is 6.61. The Morgan fingerprint density at radius 3 is 2.29 bits per heavy atom. The highest BCUT2D eigenvalue weighted by Crippen LogP contribution is 2.25. The summed E-state index contributed by atoms with van der Waals surface area (Å²) >= 11 is 6.03. The Balaban J connectivity index is 1.49. The summed E-state index contributed by atoms with van der Waals surface area (Å²) in [6.45, 7) is 0.435. The second-order valence-electron chi connectivity index (χ2n) is 6.20. The molecule has 0 aliphatic rings. The van der Waals surface area contributed by atoms with Crippen molar-refractivity contribution in [3.63, 3.8) is 0 Å². The maximum absolute atomic E-state index is 12.2. The van der Waals surface area contributed by atoms with E-state index in [0.29, 0.717) is 28.8 Å². The zero-order valence-corrected chi connectivity index (χ0v) is 16.2. The minimum absolute atomic E-state index is 0.133. The molecule has 28 heavy (non-hydrogen) atoms. The number of ether oxygens (including phenoxy) is 2. The standard InChI is InChI=1S/C23H22ClNO3/c24-19-12-4-6-14-21(19)28-17-23(26)25-20-13-5-7-15-22(20)27-16-8-11-18-9-2-1-3-10-18/h1-7,9-10,12-15H,8,11,16-17H2,(H,25,26). The van der Waals surface area contributed by atoms with Gasteiger partial charge in [-0.05, 0) is 42.7 Å². The summed E-state index contributed by atoms with van der Waals surface area (Å²) < 4.78 is 11.3. The Labute approximate surface area is 170 Å². The van der Waals surface area contributed by atoms with E-state index in [0.717, 1.165) is 12.8 Å². The molecule has 0 aliphatic heterocycles. The normalized spacial score (nSPS) is 10.3. The van der Waals surface area contributed by atoms with E-state index in [1.807, 2.05) is 36.4 Å². The highest BCUT2D eigenvalue weighted by atomic mass is 35.5. The van der Waals surface area contributed by atoms with E-state index >= 15 is 0 Å². The van der Waals surface area contributed by atoms with Crippen LogP contribution < -0.4 is 14.8 Å². The fourth-order valence-corrected chi connectivity index (χ4v) is 2.88. The van der Waals surface area contributed by atoms with Crippen molar-refractivity contribution in [2.45, 2.75) is 12.8 Å². The van der Waals surface area contributed by atoms with E-state index < -0.39 is 0 Å². The summed E-state index contributed by atoms with van der Waals surface area (Å²) in [5.41, 5.74) is 1.90. The van der Waals surface area contributed by atoms with Crippen molar-refractivity contribution >= 4 is 23.2 Å². The largest absolute Gasteiger partial charge is 0.491 e. The molecule has 0 atom stereocenters. The van der Waals surface area contributed by atoms with Crippen LogP contribution in [0.3, 0.4) is 0 Å². The fourth-order valence-electron chi connectivity index (χ4n) is 2.69. The molecule has 0 aromatic heterocycles. The lowest BCUT2D eigenvalue weighted by Crippen LogP contribution is -2.20. The number of anilines is 1. The molecule has 0 spiro atoms. The van der Waals surface area contributed by atoms with E-state index in [1.165, 1.54) is 5.56 Å². The molecule has 0 unspecified atom stereocenters. The topological polar surface area (TPSA) is 47.6 Å². The Morgan fingerprint density at radius 1 is 0.821 bits per heavy atom. The Bertz CT molecular complexity index is 899. The van der Waals surface area contributed by atoms with Gasteiger partial charge < -0.3 is 14.8 Å². The molecule has 3 aromatic carbocycles. The maximum Gasteiger partial charge on any atom is 0.262 e. The molecule has 0 heterocycles. The molecule has 0 saturated carbocycles. The van der Waals surface area contributed by atoms with Crippen LogP contribution in [0.4, 0.5) is 5.69 Å². The van der Waals surface area contributed by atoms with Crippen molar-refractivity contribution in [3.8, 4) is 11.5 Å². The van der Waals surface area contributed by atoms with Crippen LogP contribution in [-0.4, -0.2) is 19.1 Å². The first-order valence-corrected chi connectivity index (χ1v) is 9.53. The summed E-state index contributed by atoms with van der Waals surface area (Å²) in [5, 5.41) is 3.30. The van der Waals surface area contributed by atoms with Crippen LogP contribution in [0.1, 0.15) is 12.0 Å². The molecule has 0 aliphatic carbocycles.